The Bertz CT molecular complexity index is 861. The van der Waals surface area contributed by atoms with Crippen LogP contribution in [0.1, 0.15) is 36.4 Å². The van der Waals surface area contributed by atoms with E-state index in [-0.39, 0.29) is 48.0 Å². The minimum atomic E-state index is -0.262. The van der Waals surface area contributed by atoms with Crippen LogP contribution < -0.4 is 5.73 Å². The second-order valence-electron chi connectivity index (χ2n) is 8.29. The highest BCUT2D eigenvalue weighted by atomic mass is 35.5. The molecule has 0 spiro atoms. The molecule has 2 aliphatic heterocycles. The summed E-state index contributed by atoms with van der Waals surface area (Å²) in [6.07, 6.45) is 0.301. The SMILES string of the molecule is CC(c1ccccc1)N1CC(C(=O)N2C[C@@H](CN)[C@H](c3ccccc3)C2)CC1=O.Cl. The zero-order valence-corrected chi connectivity index (χ0v) is 18.1. The lowest BCUT2D eigenvalue weighted by Crippen LogP contribution is -2.37. The van der Waals surface area contributed by atoms with Crippen LogP contribution in [0.15, 0.2) is 60.7 Å². The highest BCUT2D eigenvalue weighted by Gasteiger charge is 2.42. The average Bonchev–Trinajstić information content (AvgIpc) is 3.38. The Hall–Kier alpha value is -2.37. The fraction of sp³-hybridized carbons (Fsp3) is 0.417. The summed E-state index contributed by atoms with van der Waals surface area (Å²) in [5.74, 6) is 0.424. The van der Waals surface area contributed by atoms with Crippen LogP contribution in [0.25, 0.3) is 0 Å². The molecule has 2 N–H and O–H groups in total. The molecule has 2 aliphatic rings. The summed E-state index contributed by atoms with van der Waals surface area (Å²) in [7, 11) is 0. The molecule has 0 aromatic heterocycles. The maximum atomic E-state index is 13.2. The van der Waals surface area contributed by atoms with Crippen LogP contribution in [0.3, 0.4) is 0 Å². The summed E-state index contributed by atoms with van der Waals surface area (Å²) in [5.41, 5.74) is 8.36. The molecule has 4 rings (SSSR count). The van der Waals surface area contributed by atoms with Crippen molar-refractivity contribution in [2.24, 2.45) is 17.6 Å². The molecule has 2 unspecified atom stereocenters. The Labute approximate surface area is 184 Å². The van der Waals surface area contributed by atoms with Gasteiger partial charge in [-0.05, 0) is 30.5 Å². The normalized spacial score (nSPS) is 24.6. The molecular weight excluding hydrogens is 398 g/mol. The Morgan fingerprint density at radius 2 is 1.67 bits per heavy atom. The van der Waals surface area contributed by atoms with Gasteiger partial charge in [0.2, 0.25) is 11.8 Å². The third-order valence-corrected chi connectivity index (χ3v) is 6.54. The predicted octanol–water partition coefficient (Wildman–Crippen LogP) is 3.22. The highest BCUT2D eigenvalue weighted by Crippen LogP contribution is 2.35. The Morgan fingerprint density at radius 1 is 1.03 bits per heavy atom. The number of likely N-dealkylation sites (tertiary alicyclic amines) is 2. The van der Waals surface area contributed by atoms with Gasteiger partial charge >= 0.3 is 0 Å². The van der Waals surface area contributed by atoms with E-state index in [2.05, 4.69) is 12.1 Å². The molecule has 6 heteroatoms. The van der Waals surface area contributed by atoms with Gasteiger partial charge in [-0.15, -0.1) is 12.4 Å². The number of halogens is 1. The van der Waals surface area contributed by atoms with Crippen LogP contribution >= 0.6 is 12.4 Å². The van der Waals surface area contributed by atoms with Crippen molar-refractivity contribution in [3.63, 3.8) is 0 Å². The van der Waals surface area contributed by atoms with Crippen LogP contribution in [-0.2, 0) is 9.59 Å². The van der Waals surface area contributed by atoms with Crippen molar-refractivity contribution in [2.75, 3.05) is 26.2 Å². The summed E-state index contributed by atoms with van der Waals surface area (Å²) in [4.78, 5) is 29.7. The molecule has 2 aromatic carbocycles. The topological polar surface area (TPSA) is 66.6 Å². The number of hydrogen-bond donors (Lipinski definition) is 1. The monoisotopic (exact) mass is 427 g/mol. The Balaban J connectivity index is 0.00000256. The van der Waals surface area contributed by atoms with Crippen LogP contribution in [-0.4, -0.2) is 47.8 Å². The number of amides is 2. The van der Waals surface area contributed by atoms with E-state index in [0.717, 1.165) is 5.56 Å². The van der Waals surface area contributed by atoms with Gasteiger partial charge < -0.3 is 15.5 Å². The lowest BCUT2D eigenvalue weighted by molar-refractivity contribution is -0.135. The first-order valence-corrected chi connectivity index (χ1v) is 10.5. The van der Waals surface area contributed by atoms with Gasteiger partial charge in [0, 0.05) is 32.0 Å². The Kier molecular flexibility index (Phi) is 7.16. The fourth-order valence-electron chi connectivity index (χ4n) is 4.81. The second-order valence-corrected chi connectivity index (χ2v) is 8.29. The molecule has 0 aliphatic carbocycles. The van der Waals surface area contributed by atoms with Crippen molar-refractivity contribution >= 4 is 24.2 Å². The van der Waals surface area contributed by atoms with E-state index < -0.39 is 0 Å². The molecule has 2 heterocycles. The molecule has 0 radical (unpaired) electrons. The maximum Gasteiger partial charge on any atom is 0.228 e. The molecule has 0 saturated carbocycles. The lowest BCUT2D eigenvalue weighted by Gasteiger charge is -2.26. The standard InChI is InChI=1S/C24H29N3O2.ClH/c1-17(18-8-4-2-5-9-18)27-15-20(12-23(27)28)24(29)26-14-21(13-25)22(16-26)19-10-6-3-7-11-19;/h2-11,17,20-22H,12-16,25H2,1H3;1H/t17?,20?,21-,22+;/m1./s1. The first-order valence-electron chi connectivity index (χ1n) is 10.5. The summed E-state index contributed by atoms with van der Waals surface area (Å²) in [5, 5.41) is 0. The average molecular weight is 428 g/mol. The first kappa shape index (κ1) is 22.3. The maximum absolute atomic E-state index is 13.2. The smallest absolute Gasteiger partial charge is 0.228 e. The molecule has 0 bridgehead atoms. The number of hydrogen-bond acceptors (Lipinski definition) is 3. The van der Waals surface area contributed by atoms with Crippen molar-refractivity contribution in [2.45, 2.75) is 25.3 Å². The van der Waals surface area contributed by atoms with Crippen molar-refractivity contribution in [1.29, 1.82) is 0 Å². The minimum Gasteiger partial charge on any atom is -0.341 e. The lowest BCUT2D eigenvalue weighted by atomic mass is 9.89. The summed E-state index contributed by atoms with van der Waals surface area (Å²) < 4.78 is 0. The van der Waals surface area contributed by atoms with Crippen LogP contribution in [0.5, 0.6) is 0 Å². The van der Waals surface area contributed by atoms with Gasteiger partial charge in [-0.25, -0.2) is 0 Å². The number of benzene rings is 2. The van der Waals surface area contributed by atoms with Gasteiger partial charge in [0.25, 0.3) is 0 Å². The number of carbonyl (C=O) groups is 2. The number of rotatable bonds is 5. The van der Waals surface area contributed by atoms with Crippen molar-refractivity contribution in [3.8, 4) is 0 Å². The van der Waals surface area contributed by atoms with E-state index in [0.29, 0.717) is 32.6 Å². The van der Waals surface area contributed by atoms with E-state index in [9.17, 15) is 9.59 Å². The molecule has 160 valence electrons. The molecule has 2 saturated heterocycles. The van der Waals surface area contributed by atoms with Crippen LogP contribution in [0.4, 0.5) is 0 Å². The third-order valence-electron chi connectivity index (χ3n) is 6.54. The molecule has 2 aromatic rings. The van der Waals surface area contributed by atoms with E-state index in [4.69, 9.17) is 5.73 Å². The number of nitrogens with zero attached hydrogens (tertiary/aromatic N) is 2. The molecule has 4 atom stereocenters. The highest BCUT2D eigenvalue weighted by molar-refractivity contribution is 5.89. The quantitative estimate of drug-likeness (QED) is 0.796. The predicted molar refractivity (Wildman–Crippen MR) is 120 cm³/mol. The van der Waals surface area contributed by atoms with Gasteiger partial charge in [0.05, 0.1) is 12.0 Å². The van der Waals surface area contributed by atoms with E-state index in [1.165, 1.54) is 5.56 Å². The zero-order valence-electron chi connectivity index (χ0n) is 17.3. The second kappa shape index (κ2) is 9.63. The van der Waals surface area contributed by atoms with E-state index in [1.54, 1.807) is 0 Å². The van der Waals surface area contributed by atoms with E-state index >= 15 is 0 Å². The van der Waals surface area contributed by atoms with Crippen molar-refractivity contribution in [3.05, 3.63) is 71.8 Å². The van der Waals surface area contributed by atoms with E-state index in [1.807, 2.05) is 65.3 Å². The summed E-state index contributed by atoms with van der Waals surface area (Å²) in [6.45, 7) is 4.45. The third kappa shape index (κ3) is 4.37. The fourth-order valence-corrected chi connectivity index (χ4v) is 4.81. The van der Waals surface area contributed by atoms with Crippen molar-refractivity contribution in [1.82, 2.24) is 9.80 Å². The summed E-state index contributed by atoms with van der Waals surface area (Å²) in [6, 6.07) is 20.3. The van der Waals surface area contributed by atoms with Gasteiger partial charge in [-0.1, -0.05) is 60.7 Å². The van der Waals surface area contributed by atoms with Gasteiger partial charge in [0.15, 0.2) is 0 Å². The van der Waals surface area contributed by atoms with Crippen LogP contribution in [0.2, 0.25) is 0 Å². The largest absolute Gasteiger partial charge is 0.341 e. The molecule has 30 heavy (non-hydrogen) atoms. The number of carbonyl (C=O) groups excluding carboxylic acids is 2. The van der Waals surface area contributed by atoms with Crippen LogP contribution in [0, 0.1) is 11.8 Å². The molecule has 5 nitrogen and oxygen atoms in total. The Morgan fingerprint density at radius 3 is 2.30 bits per heavy atom. The number of nitrogens with two attached hydrogens (primary N) is 1. The molecular formula is C24H30ClN3O2. The van der Waals surface area contributed by atoms with Crippen molar-refractivity contribution < 1.29 is 9.59 Å². The van der Waals surface area contributed by atoms with Gasteiger partial charge in [-0.2, -0.15) is 0 Å². The molecule has 2 fully saturated rings. The molecule has 2 amide bonds. The minimum absolute atomic E-state index is 0. The van der Waals surface area contributed by atoms with Gasteiger partial charge in [0.1, 0.15) is 0 Å². The summed E-state index contributed by atoms with van der Waals surface area (Å²) >= 11 is 0. The zero-order chi connectivity index (χ0) is 20.4. The first-order chi connectivity index (χ1) is 14.1. The van der Waals surface area contributed by atoms with Gasteiger partial charge in [-0.3, -0.25) is 9.59 Å².